The Morgan fingerprint density at radius 1 is 1.16 bits per heavy atom. The number of hydrogen-bond donors (Lipinski definition) is 2. The van der Waals surface area contributed by atoms with Crippen LogP contribution in [0.5, 0.6) is 11.5 Å². The quantitative estimate of drug-likeness (QED) is 0.874. The van der Waals surface area contributed by atoms with Crippen LogP contribution in [0, 0.1) is 5.82 Å². The van der Waals surface area contributed by atoms with Gasteiger partial charge in [0.1, 0.15) is 5.82 Å². The van der Waals surface area contributed by atoms with E-state index in [2.05, 4.69) is 10.6 Å². The number of carbonyl (C=O) groups excluding carboxylic acids is 1. The Hall–Kier alpha value is -2.60. The van der Waals surface area contributed by atoms with Gasteiger partial charge in [-0.25, -0.2) is 4.39 Å². The molecule has 3 rings (SSSR count). The van der Waals surface area contributed by atoms with Crippen LogP contribution in [0.3, 0.4) is 0 Å². The summed E-state index contributed by atoms with van der Waals surface area (Å²) >= 11 is 0. The van der Waals surface area contributed by atoms with Gasteiger partial charge in [-0.2, -0.15) is 0 Å². The van der Waals surface area contributed by atoms with Crippen molar-refractivity contribution in [3.05, 3.63) is 53.8 Å². The number of anilines is 1. The number of rotatable bonds is 5. The predicted octanol–water partition coefficient (Wildman–Crippen LogP) is 3.28. The number of ether oxygens (including phenoxy) is 2. The van der Waals surface area contributed by atoms with Gasteiger partial charge in [-0.1, -0.05) is 18.2 Å². The van der Waals surface area contributed by atoms with E-state index >= 15 is 0 Å². The van der Waals surface area contributed by atoms with Crippen LogP contribution >= 0.6 is 0 Å². The normalized spacial score (nSPS) is 14.5. The summed E-state index contributed by atoms with van der Waals surface area (Å²) in [6, 6.07) is 11.6. The summed E-state index contributed by atoms with van der Waals surface area (Å²) in [5.74, 6) is 0.813. The molecule has 1 aliphatic heterocycles. The lowest BCUT2D eigenvalue weighted by Crippen LogP contribution is -2.30. The predicted molar refractivity (Wildman–Crippen MR) is 93.5 cm³/mol. The van der Waals surface area contributed by atoms with Gasteiger partial charge in [-0.3, -0.25) is 4.79 Å². The molecule has 6 heteroatoms. The lowest BCUT2D eigenvalue weighted by atomic mass is 10.1. The van der Waals surface area contributed by atoms with E-state index in [1.165, 1.54) is 6.07 Å². The Morgan fingerprint density at radius 2 is 1.92 bits per heavy atom. The highest BCUT2D eigenvalue weighted by Gasteiger charge is 2.14. The van der Waals surface area contributed by atoms with Gasteiger partial charge < -0.3 is 20.1 Å². The van der Waals surface area contributed by atoms with Crippen molar-refractivity contribution in [3.8, 4) is 11.5 Å². The van der Waals surface area contributed by atoms with Crippen LogP contribution in [-0.4, -0.2) is 25.7 Å². The molecule has 25 heavy (non-hydrogen) atoms. The topological polar surface area (TPSA) is 59.6 Å². The second-order valence-corrected chi connectivity index (χ2v) is 5.88. The summed E-state index contributed by atoms with van der Waals surface area (Å²) in [7, 11) is 0. The van der Waals surface area contributed by atoms with Crippen LogP contribution in [-0.2, 0) is 4.79 Å². The maximum Gasteiger partial charge on any atom is 0.238 e. The number of nitrogens with one attached hydrogen (secondary N) is 2. The molecule has 0 bridgehead atoms. The Kier molecular flexibility index (Phi) is 5.50. The summed E-state index contributed by atoms with van der Waals surface area (Å²) in [6.45, 7) is 3.10. The first kappa shape index (κ1) is 17.2. The summed E-state index contributed by atoms with van der Waals surface area (Å²) in [6.07, 6.45) is 0.828. The Labute approximate surface area is 146 Å². The van der Waals surface area contributed by atoms with Crippen molar-refractivity contribution < 1.29 is 18.7 Å². The zero-order valence-electron chi connectivity index (χ0n) is 14.0. The highest BCUT2D eigenvalue weighted by molar-refractivity contribution is 5.92. The minimum Gasteiger partial charge on any atom is -0.490 e. The molecule has 5 nitrogen and oxygen atoms in total. The molecule has 2 aromatic rings. The van der Waals surface area contributed by atoms with E-state index in [1.807, 2.05) is 6.92 Å². The number of carbonyl (C=O) groups is 1. The fourth-order valence-corrected chi connectivity index (χ4v) is 2.63. The minimum absolute atomic E-state index is 0.0734. The first-order valence-electron chi connectivity index (χ1n) is 8.31. The van der Waals surface area contributed by atoms with Crippen LogP contribution in [0.1, 0.15) is 24.9 Å². The number of fused-ring (bicyclic) bond motifs is 1. The SMILES string of the molecule is CC(NCC(=O)Nc1ccc2c(c1)OCCCO2)c1ccccc1F. The van der Waals surface area contributed by atoms with E-state index < -0.39 is 0 Å². The number of amides is 1. The number of halogens is 1. The molecule has 1 unspecified atom stereocenters. The van der Waals surface area contributed by atoms with E-state index in [0.29, 0.717) is 36.0 Å². The van der Waals surface area contributed by atoms with Crippen LogP contribution in [0.2, 0.25) is 0 Å². The molecule has 0 aromatic heterocycles. The molecular formula is C19H21FN2O3. The van der Waals surface area contributed by atoms with Crippen molar-refractivity contribution in [2.24, 2.45) is 0 Å². The van der Waals surface area contributed by atoms with Gasteiger partial charge in [0.2, 0.25) is 5.91 Å². The van der Waals surface area contributed by atoms with Crippen molar-refractivity contribution in [2.75, 3.05) is 25.1 Å². The molecule has 0 saturated carbocycles. The van der Waals surface area contributed by atoms with Gasteiger partial charge in [0.15, 0.2) is 11.5 Å². The zero-order chi connectivity index (χ0) is 17.6. The zero-order valence-corrected chi connectivity index (χ0v) is 14.0. The molecule has 1 atom stereocenters. The first-order chi connectivity index (χ1) is 12.1. The van der Waals surface area contributed by atoms with E-state index in [-0.39, 0.29) is 24.3 Å². The average Bonchev–Trinajstić information content (AvgIpc) is 2.85. The van der Waals surface area contributed by atoms with Crippen molar-refractivity contribution in [3.63, 3.8) is 0 Å². The largest absolute Gasteiger partial charge is 0.490 e. The standard InChI is InChI=1S/C19H21FN2O3/c1-13(15-5-2-3-6-16(15)20)21-12-19(23)22-14-7-8-17-18(11-14)25-10-4-9-24-17/h2-3,5-8,11,13,21H,4,9-10,12H2,1H3,(H,22,23). The lowest BCUT2D eigenvalue weighted by molar-refractivity contribution is -0.115. The van der Waals surface area contributed by atoms with Crippen molar-refractivity contribution >= 4 is 11.6 Å². The number of benzene rings is 2. The third-order valence-electron chi connectivity index (χ3n) is 3.97. The fourth-order valence-electron chi connectivity index (χ4n) is 2.63. The first-order valence-corrected chi connectivity index (χ1v) is 8.31. The maximum absolute atomic E-state index is 13.7. The highest BCUT2D eigenvalue weighted by Crippen LogP contribution is 2.32. The third-order valence-corrected chi connectivity index (χ3v) is 3.97. The van der Waals surface area contributed by atoms with Crippen LogP contribution in [0.15, 0.2) is 42.5 Å². The highest BCUT2D eigenvalue weighted by atomic mass is 19.1. The fraction of sp³-hybridized carbons (Fsp3) is 0.316. The second kappa shape index (κ2) is 7.98. The van der Waals surface area contributed by atoms with Gasteiger partial charge in [-0.05, 0) is 25.1 Å². The molecule has 1 heterocycles. The smallest absolute Gasteiger partial charge is 0.238 e. The molecule has 1 amide bonds. The van der Waals surface area contributed by atoms with Crippen molar-refractivity contribution in [1.82, 2.24) is 5.32 Å². The molecular weight excluding hydrogens is 323 g/mol. The van der Waals surface area contributed by atoms with Gasteiger partial charge >= 0.3 is 0 Å². The minimum atomic E-state index is -0.286. The Bertz CT molecular complexity index is 751. The van der Waals surface area contributed by atoms with Gasteiger partial charge in [-0.15, -0.1) is 0 Å². The van der Waals surface area contributed by atoms with Gasteiger partial charge in [0.05, 0.1) is 19.8 Å². The Morgan fingerprint density at radius 3 is 2.72 bits per heavy atom. The summed E-state index contributed by atoms with van der Waals surface area (Å²) in [5.41, 5.74) is 1.17. The maximum atomic E-state index is 13.7. The second-order valence-electron chi connectivity index (χ2n) is 5.88. The summed E-state index contributed by atoms with van der Waals surface area (Å²) < 4.78 is 24.9. The average molecular weight is 344 g/mol. The van der Waals surface area contributed by atoms with E-state index in [0.717, 1.165) is 6.42 Å². The van der Waals surface area contributed by atoms with Crippen LogP contribution in [0.25, 0.3) is 0 Å². The summed E-state index contributed by atoms with van der Waals surface area (Å²) in [5, 5.41) is 5.83. The molecule has 0 saturated heterocycles. The molecule has 0 fully saturated rings. The molecule has 0 aliphatic carbocycles. The number of hydrogen-bond acceptors (Lipinski definition) is 4. The van der Waals surface area contributed by atoms with Crippen molar-refractivity contribution in [1.29, 1.82) is 0 Å². The monoisotopic (exact) mass is 344 g/mol. The molecule has 2 aromatic carbocycles. The van der Waals surface area contributed by atoms with Crippen LogP contribution < -0.4 is 20.1 Å². The molecule has 132 valence electrons. The molecule has 0 spiro atoms. The lowest BCUT2D eigenvalue weighted by Gasteiger charge is -2.15. The molecule has 1 aliphatic rings. The van der Waals surface area contributed by atoms with Crippen LogP contribution in [0.4, 0.5) is 10.1 Å². The van der Waals surface area contributed by atoms with Gasteiger partial charge in [0.25, 0.3) is 0 Å². The molecule has 0 radical (unpaired) electrons. The third kappa shape index (κ3) is 4.48. The van der Waals surface area contributed by atoms with E-state index in [9.17, 15) is 9.18 Å². The van der Waals surface area contributed by atoms with Gasteiger partial charge in [0, 0.05) is 29.8 Å². The molecule has 2 N–H and O–H groups in total. The summed E-state index contributed by atoms with van der Waals surface area (Å²) in [4.78, 5) is 12.1. The van der Waals surface area contributed by atoms with E-state index in [4.69, 9.17) is 9.47 Å². The van der Waals surface area contributed by atoms with E-state index in [1.54, 1.807) is 36.4 Å². The van der Waals surface area contributed by atoms with Crippen molar-refractivity contribution in [2.45, 2.75) is 19.4 Å². The Balaban J connectivity index is 1.56.